The first-order valence-electron chi connectivity index (χ1n) is 5.16. The molecule has 0 atom stereocenters. The van der Waals surface area contributed by atoms with Gasteiger partial charge in [0.05, 0.1) is 19.8 Å². The van der Waals surface area contributed by atoms with Crippen molar-refractivity contribution in [3.63, 3.8) is 0 Å². The third-order valence-electron chi connectivity index (χ3n) is 2.31. The van der Waals surface area contributed by atoms with E-state index in [1.165, 1.54) is 18.2 Å². The highest BCUT2D eigenvalue weighted by molar-refractivity contribution is 9.10. The van der Waals surface area contributed by atoms with Crippen molar-refractivity contribution in [3.8, 4) is 0 Å². The fraction of sp³-hybridized carbons (Fsp3) is 0. The van der Waals surface area contributed by atoms with Crippen LogP contribution in [0.15, 0.2) is 39.7 Å². The van der Waals surface area contributed by atoms with Crippen LogP contribution in [0, 0.1) is 0 Å². The number of thiophene rings is 1. The Morgan fingerprint density at radius 1 is 1.30 bits per heavy atom. The van der Waals surface area contributed by atoms with Gasteiger partial charge < -0.3 is 5.32 Å². The van der Waals surface area contributed by atoms with Crippen molar-refractivity contribution in [2.45, 2.75) is 4.90 Å². The number of nitrogens with one attached hydrogen (secondary N) is 1. The molecule has 0 radical (unpaired) electrons. The van der Waals surface area contributed by atoms with Crippen molar-refractivity contribution in [1.82, 2.24) is 0 Å². The molecule has 9 heteroatoms. The summed E-state index contributed by atoms with van der Waals surface area (Å²) in [6.07, 6.45) is 0. The summed E-state index contributed by atoms with van der Waals surface area (Å²) in [5, 5.41) is 7.67. The molecule has 0 saturated heterocycles. The van der Waals surface area contributed by atoms with Crippen LogP contribution in [0.25, 0.3) is 0 Å². The molecular formula is C11H8BrClN2O3S2. The second-order valence-corrected chi connectivity index (χ2v) is 7.88. The average molecular weight is 396 g/mol. The predicted molar refractivity (Wildman–Crippen MR) is 82.8 cm³/mol. The van der Waals surface area contributed by atoms with Gasteiger partial charge in [-0.25, -0.2) is 13.6 Å². The predicted octanol–water partition coefficient (Wildman–Crippen LogP) is 3.06. The fourth-order valence-corrected chi connectivity index (χ4v) is 3.50. The molecule has 0 spiro atoms. The van der Waals surface area contributed by atoms with E-state index in [2.05, 4.69) is 21.2 Å². The lowest BCUT2D eigenvalue weighted by molar-refractivity contribution is 0.103. The van der Waals surface area contributed by atoms with E-state index in [0.29, 0.717) is 19.4 Å². The van der Waals surface area contributed by atoms with Gasteiger partial charge in [0.15, 0.2) is 0 Å². The maximum absolute atomic E-state index is 11.9. The van der Waals surface area contributed by atoms with Gasteiger partial charge in [-0.3, -0.25) is 4.79 Å². The lowest BCUT2D eigenvalue weighted by atomic mass is 10.3. The zero-order chi connectivity index (χ0) is 14.9. The summed E-state index contributed by atoms with van der Waals surface area (Å²) in [6, 6.07) is 7.33. The number of benzene rings is 1. The molecule has 3 N–H and O–H groups in total. The highest BCUT2D eigenvalue weighted by Crippen LogP contribution is 2.27. The van der Waals surface area contributed by atoms with E-state index < -0.39 is 10.0 Å². The summed E-state index contributed by atoms with van der Waals surface area (Å²) >= 11 is 10.1. The molecule has 1 aromatic carbocycles. The standard InChI is InChI=1S/C11H8BrClN2O3S2/c12-7-5-6(20(14,17)18)1-2-8(7)15-11(16)9-3-4-10(13)19-9/h1-5H,(H,15,16)(H2,14,17,18). The first kappa shape index (κ1) is 15.5. The molecule has 0 unspecified atom stereocenters. The smallest absolute Gasteiger partial charge is 0.265 e. The van der Waals surface area contributed by atoms with Crippen LogP contribution >= 0.6 is 38.9 Å². The summed E-state index contributed by atoms with van der Waals surface area (Å²) in [5.41, 5.74) is 0.437. The minimum Gasteiger partial charge on any atom is -0.320 e. The monoisotopic (exact) mass is 394 g/mol. The van der Waals surface area contributed by atoms with Gasteiger partial charge in [-0.2, -0.15) is 0 Å². The Balaban J connectivity index is 2.25. The largest absolute Gasteiger partial charge is 0.320 e. The summed E-state index contributed by atoms with van der Waals surface area (Å²) in [5.74, 6) is -0.328. The Hall–Kier alpha value is -0.930. The quantitative estimate of drug-likeness (QED) is 0.837. The molecule has 0 aliphatic heterocycles. The summed E-state index contributed by atoms with van der Waals surface area (Å²) in [4.78, 5) is 12.4. The van der Waals surface area contributed by atoms with E-state index >= 15 is 0 Å². The average Bonchev–Trinajstić information content (AvgIpc) is 2.77. The molecule has 106 valence electrons. The van der Waals surface area contributed by atoms with Gasteiger partial charge in [-0.05, 0) is 46.3 Å². The highest BCUT2D eigenvalue weighted by atomic mass is 79.9. The highest BCUT2D eigenvalue weighted by Gasteiger charge is 2.13. The number of primary sulfonamides is 1. The minimum atomic E-state index is -3.78. The molecular weight excluding hydrogens is 388 g/mol. The number of nitrogens with two attached hydrogens (primary N) is 1. The van der Waals surface area contributed by atoms with Gasteiger partial charge in [-0.1, -0.05) is 11.6 Å². The Labute approximate surface area is 132 Å². The van der Waals surface area contributed by atoms with Gasteiger partial charge in [0.2, 0.25) is 10.0 Å². The summed E-state index contributed by atoms with van der Waals surface area (Å²) in [7, 11) is -3.78. The zero-order valence-corrected chi connectivity index (χ0v) is 13.7. The normalized spacial score (nSPS) is 11.3. The number of rotatable bonds is 3. The van der Waals surface area contributed by atoms with Crippen LogP contribution in [0.4, 0.5) is 5.69 Å². The Morgan fingerprint density at radius 3 is 2.50 bits per heavy atom. The second kappa shape index (κ2) is 5.82. The molecule has 0 aliphatic rings. The van der Waals surface area contributed by atoms with Gasteiger partial charge in [0, 0.05) is 4.47 Å². The molecule has 5 nitrogen and oxygen atoms in total. The van der Waals surface area contributed by atoms with E-state index in [4.69, 9.17) is 16.7 Å². The van der Waals surface area contributed by atoms with Crippen LogP contribution in [0.2, 0.25) is 4.34 Å². The van der Waals surface area contributed by atoms with Crippen molar-refractivity contribution >= 4 is 60.5 Å². The second-order valence-electron chi connectivity index (χ2n) is 3.74. The number of anilines is 1. The topological polar surface area (TPSA) is 89.3 Å². The SMILES string of the molecule is NS(=O)(=O)c1ccc(NC(=O)c2ccc(Cl)s2)c(Br)c1. The number of carbonyl (C=O) groups is 1. The molecule has 0 saturated carbocycles. The molecule has 2 aromatic rings. The minimum absolute atomic E-state index is 0.0402. The van der Waals surface area contributed by atoms with Crippen LogP contribution in [-0.2, 0) is 10.0 Å². The number of carbonyl (C=O) groups excluding carboxylic acids is 1. The first-order chi connectivity index (χ1) is 9.27. The fourth-order valence-electron chi connectivity index (χ4n) is 1.39. The van der Waals surface area contributed by atoms with E-state index in [1.807, 2.05) is 0 Å². The van der Waals surface area contributed by atoms with E-state index in [0.717, 1.165) is 11.3 Å². The maximum atomic E-state index is 11.9. The Bertz CT molecular complexity index is 774. The molecule has 0 aliphatic carbocycles. The number of sulfonamides is 1. The maximum Gasteiger partial charge on any atom is 0.265 e. The van der Waals surface area contributed by atoms with E-state index in [9.17, 15) is 13.2 Å². The van der Waals surface area contributed by atoms with Gasteiger partial charge >= 0.3 is 0 Å². The Morgan fingerprint density at radius 2 is 2.00 bits per heavy atom. The van der Waals surface area contributed by atoms with Gasteiger partial charge in [0.1, 0.15) is 0 Å². The molecule has 0 fully saturated rings. The van der Waals surface area contributed by atoms with Crippen LogP contribution in [0.3, 0.4) is 0 Å². The molecule has 1 heterocycles. The van der Waals surface area contributed by atoms with Gasteiger partial charge in [0.25, 0.3) is 5.91 Å². The van der Waals surface area contributed by atoms with Crippen LogP contribution in [-0.4, -0.2) is 14.3 Å². The van der Waals surface area contributed by atoms with Crippen molar-refractivity contribution < 1.29 is 13.2 Å². The van der Waals surface area contributed by atoms with Crippen molar-refractivity contribution in [2.75, 3.05) is 5.32 Å². The molecule has 0 bridgehead atoms. The molecule has 1 aromatic heterocycles. The zero-order valence-electron chi connectivity index (χ0n) is 9.76. The number of hydrogen-bond acceptors (Lipinski definition) is 4. The lowest BCUT2D eigenvalue weighted by Gasteiger charge is -2.07. The van der Waals surface area contributed by atoms with E-state index in [1.54, 1.807) is 12.1 Å². The number of hydrogen-bond donors (Lipinski definition) is 2. The molecule has 2 rings (SSSR count). The third-order valence-corrected chi connectivity index (χ3v) is 5.11. The molecule has 1 amide bonds. The van der Waals surface area contributed by atoms with Crippen LogP contribution in [0.1, 0.15) is 9.67 Å². The third kappa shape index (κ3) is 3.58. The van der Waals surface area contributed by atoms with Crippen molar-refractivity contribution in [2.24, 2.45) is 5.14 Å². The lowest BCUT2D eigenvalue weighted by Crippen LogP contribution is -2.13. The Kier molecular flexibility index (Phi) is 4.50. The first-order valence-corrected chi connectivity index (χ1v) is 8.70. The summed E-state index contributed by atoms with van der Waals surface area (Å²) < 4.78 is 23.3. The summed E-state index contributed by atoms with van der Waals surface area (Å²) in [6.45, 7) is 0. The number of amides is 1. The van der Waals surface area contributed by atoms with Crippen molar-refractivity contribution in [1.29, 1.82) is 0 Å². The van der Waals surface area contributed by atoms with Crippen molar-refractivity contribution in [3.05, 3.63) is 44.0 Å². The van der Waals surface area contributed by atoms with Crippen LogP contribution < -0.4 is 10.5 Å². The van der Waals surface area contributed by atoms with Crippen LogP contribution in [0.5, 0.6) is 0 Å². The number of halogens is 2. The van der Waals surface area contributed by atoms with Gasteiger partial charge in [-0.15, -0.1) is 11.3 Å². The molecule has 20 heavy (non-hydrogen) atoms. The van der Waals surface area contributed by atoms with E-state index in [-0.39, 0.29) is 10.8 Å².